The lowest BCUT2D eigenvalue weighted by Gasteiger charge is -2.11. The molecular formula is C24H26N8O3. The van der Waals surface area contributed by atoms with Crippen molar-refractivity contribution in [2.75, 3.05) is 45.0 Å². The summed E-state index contributed by atoms with van der Waals surface area (Å²) in [6, 6.07) is 13.4. The van der Waals surface area contributed by atoms with Gasteiger partial charge in [-0.05, 0) is 12.1 Å². The van der Waals surface area contributed by atoms with Crippen LogP contribution in [0.1, 0.15) is 0 Å². The van der Waals surface area contributed by atoms with Crippen molar-refractivity contribution in [2.24, 2.45) is 0 Å². The van der Waals surface area contributed by atoms with Gasteiger partial charge < -0.3 is 25.8 Å². The molecule has 0 atom stereocenters. The average Bonchev–Trinajstić information content (AvgIpc) is 3.33. The monoisotopic (exact) mass is 474 g/mol. The van der Waals surface area contributed by atoms with Crippen LogP contribution in [0.4, 0.5) is 11.8 Å². The normalized spacial score (nSPS) is 10.7. The summed E-state index contributed by atoms with van der Waals surface area (Å²) in [5.41, 5.74) is 8.36. The van der Waals surface area contributed by atoms with Crippen LogP contribution in [0, 0.1) is 0 Å². The van der Waals surface area contributed by atoms with Crippen LogP contribution >= 0.6 is 0 Å². The molecule has 0 saturated carbocycles. The van der Waals surface area contributed by atoms with Gasteiger partial charge >= 0.3 is 0 Å². The standard InChI is InChI=1S/C24H26N8O3/c1-34-15-21(33)26-10-11-28-24-27-9-8-20(31-24)32-14-18(16-6-4-3-5-7-16)30-23(32)17-12-19(35-2)22(25)29-13-17/h3-9,12-14H,10-11,15H2,1-2H3,(H2,25,29)(H,26,33)(H,27,28,31). The van der Waals surface area contributed by atoms with Crippen molar-refractivity contribution in [1.29, 1.82) is 0 Å². The third kappa shape index (κ3) is 5.71. The van der Waals surface area contributed by atoms with Crippen molar-refractivity contribution in [2.45, 2.75) is 0 Å². The van der Waals surface area contributed by atoms with E-state index in [1.54, 1.807) is 31.6 Å². The van der Waals surface area contributed by atoms with Gasteiger partial charge in [-0.25, -0.2) is 15.0 Å². The van der Waals surface area contributed by atoms with Gasteiger partial charge in [0.1, 0.15) is 18.2 Å². The van der Waals surface area contributed by atoms with E-state index in [-0.39, 0.29) is 12.5 Å². The van der Waals surface area contributed by atoms with Gasteiger partial charge in [0.2, 0.25) is 11.9 Å². The lowest BCUT2D eigenvalue weighted by atomic mass is 10.2. The number of amides is 1. The van der Waals surface area contributed by atoms with E-state index in [1.807, 2.05) is 41.1 Å². The second-order valence-electron chi connectivity index (χ2n) is 7.45. The zero-order valence-corrected chi connectivity index (χ0v) is 19.4. The van der Waals surface area contributed by atoms with Gasteiger partial charge in [0.05, 0.1) is 12.8 Å². The Morgan fingerprint density at radius 3 is 2.66 bits per heavy atom. The molecule has 0 saturated heterocycles. The van der Waals surface area contributed by atoms with Crippen molar-refractivity contribution >= 4 is 17.7 Å². The maximum Gasteiger partial charge on any atom is 0.246 e. The zero-order valence-electron chi connectivity index (χ0n) is 19.4. The third-order valence-electron chi connectivity index (χ3n) is 5.03. The first kappa shape index (κ1) is 23.6. The maximum atomic E-state index is 11.5. The fraction of sp³-hybridized carbons (Fsp3) is 0.208. The van der Waals surface area contributed by atoms with Crippen molar-refractivity contribution in [3.63, 3.8) is 0 Å². The number of nitrogens with one attached hydrogen (secondary N) is 2. The molecule has 0 radical (unpaired) electrons. The molecular weight excluding hydrogens is 448 g/mol. The fourth-order valence-corrected chi connectivity index (χ4v) is 3.37. The van der Waals surface area contributed by atoms with E-state index in [1.165, 1.54) is 7.11 Å². The number of rotatable bonds is 10. The minimum absolute atomic E-state index is 0.0178. The predicted molar refractivity (Wildman–Crippen MR) is 132 cm³/mol. The molecule has 4 aromatic rings. The molecule has 0 aliphatic heterocycles. The molecule has 0 bridgehead atoms. The number of anilines is 2. The first-order valence-corrected chi connectivity index (χ1v) is 10.9. The second-order valence-corrected chi connectivity index (χ2v) is 7.45. The highest BCUT2D eigenvalue weighted by atomic mass is 16.5. The summed E-state index contributed by atoms with van der Waals surface area (Å²) in [7, 11) is 3.01. The minimum Gasteiger partial charge on any atom is -0.493 e. The summed E-state index contributed by atoms with van der Waals surface area (Å²) in [5, 5.41) is 5.86. The second kappa shape index (κ2) is 11.1. The Morgan fingerprint density at radius 1 is 1.06 bits per heavy atom. The van der Waals surface area contributed by atoms with E-state index >= 15 is 0 Å². The van der Waals surface area contributed by atoms with E-state index in [0.717, 1.165) is 11.3 Å². The molecule has 3 heterocycles. The van der Waals surface area contributed by atoms with Gasteiger partial charge in [-0.1, -0.05) is 30.3 Å². The number of nitrogen functional groups attached to an aromatic ring is 1. The van der Waals surface area contributed by atoms with Gasteiger partial charge in [0.15, 0.2) is 11.6 Å². The van der Waals surface area contributed by atoms with E-state index < -0.39 is 0 Å². The number of carbonyl (C=O) groups excluding carboxylic acids is 1. The number of carbonyl (C=O) groups is 1. The lowest BCUT2D eigenvalue weighted by molar-refractivity contribution is -0.124. The largest absolute Gasteiger partial charge is 0.493 e. The van der Waals surface area contributed by atoms with E-state index in [2.05, 4.69) is 25.6 Å². The molecule has 4 rings (SSSR count). The number of aromatic nitrogens is 5. The Balaban J connectivity index is 1.65. The highest BCUT2D eigenvalue weighted by Gasteiger charge is 2.16. The van der Waals surface area contributed by atoms with Crippen molar-refractivity contribution in [3.05, 3.63) is 61.1 Å². The molecule has 4 N–H and O–H groups in total. The summed E-state index contributed by atoms with van der Waals surface area (Å²) in [4.78, 5) is 29.6. The van der Waals surface area contributed by atoms with E-state index in [4.69, 9.17) is 20.2 Å². The van der Waals surface area contributed by atoms with Crippen LogP contribution in [-0.4, -0.2) is 64.3 Å². The third-order valence-corrected chi connectivity index (χ3v) is 5.03. The molecule has 0 aliphatic rings. The summed E-state index contributed by atoms with van der Waals surface area (Å²) >= 11 is 0. The van der Waals surface area contributed by atoms with Gasteiger partial charge in [0.25, 0.3) is 0 Å². The number of pyridine rings is 1. The number of nitrogens with two attached hydrogens (primary N) is 1. The topological polar surface area (TPSA) is 142 Å². The Labute approximate surface area is 202 Å². The van der Waals surface area contributed by atoms with Crippen molar-refractivity contribution < 1.29 is 14.3 Å². The van der Waals surface area contributed by atoms with Gasteiger partial charge in [-0.15, -0.1) is 0 Å². The van der Waals surface area contributed by atoms with Crippen LogP contribution in [0.3, 0.4) is 0 Å². The first-order valence-electron chi connectivity index (χ1n) is 10.9. The number of hydrogen-bond acceptors (Lipinski definition) is 9. The summed E-state index contributed by atoms with van der Waals surface area (Å²) < 4.78 is 12.0. The van der Waals surface area contributed by atoms with E-state index in [9.17, 15) is 4.79 Å². The first-order chi connectivity index (χ1) is 17.1. The molecule has 1 amide bonds. The van der Waals surface area contributed by atoms with Gasteiger partial charge in [-0.3, -0.25) is 9.36 Å². The van der Waals surface area contributed by atoms with Gasteiger partial charge in [-0.2, -0.15) is 4.98 Å². The van der Waals surface area contributed by atoms with Crippen LogP contribution in [0.5, 0.6) is 5.75 Å². The smallest absolute Gasteiger partial charge is 0.246 e. The number of ether oxygens (including phenoxy) is 2. The number of nitrogens with zero attached hydrogens (tertiary/aromatic N) is 5. The number of imidazole rings is 1. The number of methoxy groups -OCH3 is 2. The molecule has 11 nitrogen and oxygen atoms in total. The minimum atomic E-state index is -0.187. The molecule has 11 heteroatoms. The van der Waals surface area contributed by atoms with Crippen LogP contribution in [0.25, 0.3) is 28.5 Å². The molecule has 1 aromatic carbocycles. The van der Waals surface area contributed by atoms with Crippen LogP contribution in [-0.2, 0) is 9.53 Å². The summed E-state index contributed by atoms with van der Waals surface area (Å²) in [5.74, 6) is 2.20. The molecule has 0 aliphatic carbocycles. The molecule has 3 aromatic heterocycles. The molecule has 180 valence electrons. The lowest BCUT2D eigenvalue weighted by Crippen LogP contribution is -2.31. The Morgan fingerprint density at radius 2 is 1.89 bits per heavy atom. The average molecular weight is 475 g/mol. The van der Waals surface area contributed by atoms with Crippen LogP contribution in [0.15, 0.2) is 61.1 Å². The highest BCUT2D eigenvalue weighted by molar-refractivity contribution is 5.77. The quantitative estimate of drug-likeness (QED) is 0.295. The molecule has 0 spiro atoms. The van der Waals surface area contributed by atoms with Crippen LogP contribution in [0.2, 0.25) is 0 Å². The summed E-state index contributed by atoms with van der Waals surface area (Å²) in [6.07, 6.45) is 5.21. The highest BCUT2D eigenvalue weighted by Crippen LogP contribution is 2.30. The zero-order chi connectivity index (χ0) is 24.6. The van der Waals surface area contributed by atoms with Crippen molar-refractivity contribution in [1.82, 2.24) is 29.8 Å². The molecule has 0 unspecified atom stereocenters. The SMILES string of the molecule is COCC(=O)NCCNc1nccc(-n2cc(-c3ccccc3)nc2-c2cnc(N)c(OC)c2)n1. The predicted octanol–water partition coefficient (Wildman–Crippen LogP) is 2.16. The number of benzene rings is 1. The number of hydrogen-bond donors (Lipinski definition) is 3. The Bertz CT molecular complexity index is 1290. The molecule has 0 fully saturated rings. The molecule has 35 heavy (non-hydrogen) atoms. The fourth-order valence-electron chi connectivity index (χ4n) is 3.37. The van der Waals surface area contributed by atoms with Crippen molar-refractivity contribution in [3.8, 4) is 34.2 Å². The van der Waals surface area contributed by atoms with E-state index in [0.29, 0.717) is 47.8 Å². The summed E-state index contributed by atoms with van der Waals surface area (Å²) in [6.45, 7) is 0.870. The maximum absolute atomic E-state index is 11.5. The Kier molecular flexibility index (Phi) is 7.48. The Hall–Kier alpha value is -4.51. The van der Waals surface area contributed by atoms with Crippen LogP contribution < -0.4 is 21.1 Å². The van der Waals surface area contributed by atoms with Gasteiger partial charge in [0, 0.05) is 49.9 Å².